The molecule has 0 saturated carbocycles. The number of furan rings is 1. The molecule has 8 nitrogen and oxygen atoms in total. The minimum Gasteiger partial charge on any atom is -0.503 e. The lowest BCUT2D eigenvalue weighted by molar-refractivity contribution is -0.130. The number of aliphatic hydroxyl groups is 1. The highest BCUT2D eigenvalue weighted by atomic mass is 35.5. The van der Waals surface area contributed by atoms with Crippen LogP contribution in [0.15, 0.2) is 58.5 Å². The van der Waals surface area contributed by atoms with E-state index < -0.39 is 23.5 Å². The molecule has 0 bridgehead atoms. The Morgan fingerprint density at radius 3 is 2.81 bits per heavy atom. The molecule has 0 spiro atoms. The van der Waals surface area contributed by atoms with E-state index >= 15 is 0 Å². The number of amides is 1. The van der Waals surface area contributed by atoms with Crippen molar-refractivity contribution < 1.29 is 28.6 Å². The third-order valence-electron chi connectivity index (χ3n) is 5.08. The van der Waals surface area contributed by atoms with Gasteiger partial charge < -0.3 is 23.9 Å². The van der Waals surface area contributed by atoms with Gasteiger partial charge in [-0.25, -0.2) is 0 Å². The second kappa shape index (κ2) is 8.41. The molecule has 2 aromatic heterocycles. The number of hydrogen-bond donors (Lipinski definition) is 1. The van der Waals surface area contributed by atoms with Crippen molar-refractivity contribution in [1.29, 1.82) is 0 Å². The van der Waals surface area contributed by atoms with Gasteiger partial charge in [-0.15, -0.1) is 0 Å². The summed E-state index contributed by atoms with van der Waals surface area (Å²) >= 11 is 6.11. The lowest BCUT2D eigenvalue weighted by Crippen LogP contribution is -2.34. The maximum atomic E-state index is 13.4. The van der Waals surface area contributed by atoms with Gasteiger partial charge in [0.05, 0.1) is 25.3 Å². The van der Waals surface area contributed by atoms with Crippen molar-refractivity contribution in [3.8, 4) is 5.75 Å². The number of carbonyl (C=O) groups is 2. The van der Waals surface area contributed by atoms with E-state index in [1.54, 1.807) is 36.7 Å². The molecule has 1 amide bonds. The maximum absolute atomic E-state index is 13.4. The van der Waals surface area contributed by atoms with E-state index in [0.29, 0.717) is 27.3 Å². The van der Waals surface area contributed by atoms with E-state index in [0.717, 1.165) is 0 Å². The van der Waals surface area contributed by atoms with Gasteiger partial charge >= 0.3 is 0 Å². The van der Waals surface area contributed by atoms with Gasteiger partial charge in [-0.05, 0) is 23.8 Å². The first kappa shape index (κ1) is 20.9. The van der Waals surface area contributed by atoms with Crippen molar-refractivity contribution >= 4 is 34.3 Å². The van der Waals surface area contributed by atoms with Crippen LogP contribution in [-0.2, 0) is 9.53 Å². The molecule has 1 atom stereocenters. The molecule has 0 saturated heterocycles. The van der Waals surface area contributed by atoms with E-state index in [1.165, 1.54) is 25.2 Å². The van der Waals surface area contributed by atoms with Crippen LogP contribution in [0.5, 0.6) is 5.75 Å². The number of benzene rings is 1. The molecule has 0 fully saturated rings. The monoisotopic (exact) mass is 442 g/mol. The van der Waals surface area contributed by atoms with Crippen molar-refractivity contribution in [2.24, 2.45) is 0 Å². The molecule has 1 aliphatic heterocycles. The number of rotatable bonds is 7. The van der Waals surface area contributed by atoms with Crippen molar-refractivity contribution in [1.82, 2.24) is 9.88 Å². The highest BCUT2D eigenvalue weighted by Crippen LogP contribution is 2.40. The first-order valence-corrected chi connectivity index (χ1v) is 9.78. The Morgan fingerprint density at radius 2 is 2.13 bits per heavy atom. The Balaban J connectivity index is 1.81. The number of aliphatic hydroxyl groups excluding tert-OH is 1. The van der Waals surface area contributed by atoms with Gasteiger partial charge in [0.15, 0.2) is 22.9 Å². The molecule has 9 heteroatoms. The number of nitrogens with zero attached hydrogens (tertiary/aromatic N) is 2. The average molecular weight is 443 g/mol. The Hall–Kier alpha value is -3.36. The first-order chi connectivity index (χ1) is 15.0. The van der Waals surface area contributed by atoms with Crippen LogP contribution in [0.3, 0.4) is 0 Å². The third kappa shape index (κ3) is 3.64. The highest BCUT2D eigenvalue weighted by molar-refractivity contribution is 6.31. The molecule has 0 radical (unpaired) electrons. The number of ether oxygens (including phenoxy) is 2. The zero-order valence-electron chi connectivity index (χ0n) is 16.8. The minimum absolute atomic E-state index is 0.0487. The number of fused-ring (bicyclic) bond motifs is 1. The summed E-state index contributed by atoms with van der Waals surface area (Å²) < 4.78 is 16.1. The summed E-state index contributed by atoms with van der Waals surface area (Å²) in [6.07, 6.45) is 3.13. The summed E-state index contributed by atoms with van der Waals surface area (Å²) in [5.74, 6) is -1.58. The van der Waals surface area contributed by atoms with E-state index in [4.69, 9.17) is 25.5 Å². The Kier molecular flexibility index (Phi) is 5.67. The van der Waals surface area contributed by atoms with Crippen LogP contribution < -0.4 is 4.74 Å². The standard InChI is InChI=1S/C22H19ClN2O6/c1-29-7-6-25-18(12-4-3-5-24-11-12)17(20(27)22(25)28)19(26)15-9-13-8-14(23)10-16(30-2)21(13)31-15/h3-5,8-11,18,27H,6-7H2,1-2H3. The number of pyridine rings is 1. The molecular weight excluding hydrogens is 424 g/mol. The van der Waals surface area contributed by atoms with Gasteiger partial charge in [0.1, 0.15) is 0 Å². The second-order valence-electron chi connectivity index (χ2n) is 6.91. The summed E-state index contributed by atoms with van der Waals surface area (Å²) in [5.41, 5.74) is 0.836. The van der Waals surface area contributed by atoms with Gasteiger partial charge in [-0.2, -0.15) is 0 Å². The fourth-order valence-electron chi connectivity index (χ4n) is 3.67. The predicted molar refractivity (Wildman–Crippen MR) is 112 cm³/mol. The minimum atomic E-state index is -0.831. The average Bonchev–Trinajstić information content (AvgIpc) is 3.31. The fourth-order valence-corrected chi connectivity index (χ4v) is 3.89. The molecule has 4 rings (SSSR count). The SMILES string of the molecule is COCCN1C(=O)C(O)=C(C(=O)c2cc3cc(Cl)cc(OC)c3o2)C1c1cccnc1. The smallest absolute Gasteiger partial charge is 0.290 e. The Labute approximate surface area is 182 Å². The van der Waals surface area contributed by atoms with Crippen molar-refractivity contribution in [3.63, 3.8) is 0 Å². The van der Waals surface area contributed by atoms with Gasteiger partial charge in [0.25, 0.3) is 5.91 Å². The van der Waals surface area contributed by atoms with E-state index in [1.807, 2.05) is 0 Å². The molecule has 31 heavy (non-hydrogen) atoms. The van der Waals surface area contributed by atoms with E-state index in [2.05, 4.69) is 4.98 Å². The van der Waals surface area contributed by atoms with Crippen molar-refractivity contribution in [2.45, 2.75) is 6.04 Å². The van der Waals surface area contributed by atoms with Gasteiger partial charge in [-0.3, -0.25) is 14.6 Å². The van der Waals surface area contributed by atoms with Crippen LogP contribution in [0.25, 0.3) is 11.0 Å². The van der Waals surface area contributed by atoms with Crippen LogP contribution in [0, 0.1) is 0 Å². The van der Waals surface area contributed by atoms with Crippen LogP contribution in [0.4, 0.5) is 0 Å². The van der Waals surface area contributed by atoms with Gasteiger partial charge in [0, 0.05) is 42.5 Å². The number of aromatic nitrogens is 1. The number of halogens is 1. The van der Waals surface area contributed by atoms with Crippen LogP contribution in [0.2, 0.25) is 5.02 Å². The number of Topliss-reactive ketones (excluding diaryl/α,β-unsaturated/α-hetero) is 1. The predicted octanol–water partition coefficient (Wildman–Crippen LogP) is 3.71. The Bertz CT molecular complexity index is 1190. The van der Waals surface area contributed by atoms with Crippen LogP contribution in [-0.4, -0.2) is 54.1 Å². The quantitative estimate of drug-likeness (QED) is 0.556. The lowest BCUT2D eigenvalue weighted by Gasteiger charge is -2.26. The van der Waals surface area contributed by atoms with Crippen LogP contribution >= 0.6 is 11.6 Å². The largest absolute Gasteiger partial charge is 0.503 e. The summed E-state index contributed by atoms with van der Waals surface area (Å²) in [6, 6.07) is 7.31. The number of carbonyl (C=O) groups excluding carboxylic acids is 2. The molecule has 1 N–H and O–H groups in total. The van der Waals surface area contributed by atoms with E-state index in [9.17, 15) is 14.7 Å². The summed E-state index contributed by atoms with van der Waals surface area (Å²) in [5, 5.41) is 11.6. The second-order valence-corrected chi connectivity index (χ2v) is 7.35. The van der Waals surface area contributed by atoms with Crippen LogP contribution in [0.1, 0.15) is 22.2 Å². The first-order valence-electron chi connectivity index (χ1n) is 9.41. The van der Waals surface area contributed by atoms with Gasteiger partial charge in [-0.1, -0.05) is 17.7 Å². The number of ketones is 1. The molecular formula is C22H19ClN2O6. The molecule has 1 aliphatic rings. The summed E-state index contributed by atoms with van der Waals surface area (Å²) in [7, 11) is 2.97. The lowest BCUT2D eigenvalue weighted by atomic mass is 9.96. The molecule has 3 aromatic rings. The number of methoxy groups -OCH3 is 2. The summed E-state index contributed by atoms with van der Waals surface area (Å²) in [4.78, 5) is 31.7. The number of hydrogen-bond acceptors (Lipinski definition) is 7. The zero-order chi connectivity index (χ0) is 22.1. The van der Waals surface area contributed by atoms with E-state index in [-0.39, 0.29) is 24.5 Å². The van der Waals surface area contributed by atoms with Crippen molar-refractivity contribution in [2.75, 3.05) is 27.4 Å². The molecule has 160 valence electrons. The normalized spacial score (nSPS) is 16.4. The molecule has 3 heterocycles. The highest BCUT2D eigenvalue weighted by Gasteiger charge is 2.44. The van der Waals surface area contributed by atoms with Crippen molar-refractivity contribution in [3.05, 3.63) is 70.4 Å². The topological polar surface area (TPSA) is 102 Å². The molecule has 1 unspecified atom stereocenters. The molecule has 1 aromatic carbocycles. The fraction of sp³-hybridized carbons (Fsp3) is 0.227. The van der Waals surface area contributed by atoms with Gasteiger partial charge in [0.2, 0.25) is 5.78 Å². The maximum Gasteiger partial charge on any atom is 0.290 e. The summed E-state index contributed by atoms with van der Waals surface area (Å²) in [6.45, 7) is 0.414. The Morgan fingerprint density at radius 1 is 1.32 bits per heavy atom. The zero-order valence-corrected chi connectivity index (χ0v) is 17.5. The molecule has 0 aliphatic carbocycles. The third-order valence-corrected chi connectivity index (χ3v) is 5.29.